The molecule has 1 aliphatic heterocycles. The molecule has 2 fully saturated rings. The molecule has 0 atom stereocenters. The zero-order chi connectivity index (χ0) is 21.0. The number of guanidine groups is 1. The SMILES string of the molecule is CCNC(=NCc1cccc(OC)c1OC1CCCC1)NCCCN1CCOCC1. The average molecular weight is 419 g/mol. The van der Waals surface area contributed by atoms with Crippen molar-refractivity contribution < 1.29 is 14.2 Å². The summed E-state index contributed by atoms with van der Waals surface area (Å²) in [7, 11) is 1.70. The number of rotatable bonds is 10. The maximum Gasteiger partial charge on any atom is 0.191 e. The Bertz CT molecular complexity index is 656. The van der Waals surface area contributed by atoms with Crippen LogP contribution in [-0.4, -0.2) is 70.0 Å². The Morgan fingerprint density at radius 2 is 2.00 bits per heavy atom. The molecule has 0 bridgehead atoms. The molecule has 0 amide bonds. The summed E-state index contributed by atoms with van der Waals surface area (Å²) in [5, 5.41) is 6.81. The number of para-hydroxylation sites is 1. The maximum absolute atomic E-state index is 6.34. The molecule has 0 unspecified atom stereocenters. The highest BCUT2D eigenvalue weighted by molar-refractivity contribution is 5.79. The summed E-state index contributed by atoms with van der Waals surface area (Å²) >= 11 is 0. The number of morpholine rings is 1. The van der Waals surface area contributed by atoms with Crippen LogP contribution in [0.4, 0.5) is 0 Å². The summed E-state index contributed by atoms with van der Waals surface area (Å²) in [6, 6.07) is 6.05. The Balaban J connectivity index is 1.56. The summed E-state index contributed by atoms with van der Waals surface area (Å²) < 4.78 is 17.3. The van der Waals surface area contributed by atoms with Crippen LogP contribution >= 0.6 is 0 Å². The molecule has 2 N–H and O–H groups in total. The summed E-state index contributed by atoms with van der Waals surface area (Å²) in [4.78, 5) is 7.26. The van der Waals surface area contributed by atoms with E-state index < -0.39 is 0 Å². The summed E-state index contributed by atoms with van der Waals surface area (Å²) in [5.74, 6) is 2.48. The van der Waals surface area contributed by atoms with E-state index in [1.165, 1.54) is 12.8 Å². The number of hydrogen-bond acceptors (Lipinski definition) is 5. The Kier molecular flexibility index (Phi) is 9.57. The number of aliphatic imine (C=N–C) groups is 1. The molecule has 1 saturated heterocycles. The highest BCUT2D eigenvalue weighted by atomic mass is 16.5. The van der Waals surface area contributed by atoms with Gasteiger partial charge in [0.25, 0.3) is 0 Å². The van der Waals surface area contributed by atoms with E-state index in [-0.39, 0.29) is 6.10 Å². The van der Waals surface area contributed by atoms with E-state index in [0.717, 1.165) is 88.2 Å². The average Bonchev–Trinajstić information content (AvgIpc) is 3.29. The largest absolute Gasteiger partial charge is 0.493 e. The van der Waals surface area contributed by atoms with Crippen molar-refractivity contribution in [1.29, 1.82) is 0 Å². The predicted molar refractivity (Wildman–Crippen MR) is 121 cm³/mol. The lowest BCUT2D eigenvalue weighted by Crippen LogP contribution is -2.40. The van der Waals surface area contributed by atoms with E-state index in [1.807, 2.05) is 12.1 Å². The van der Waals surface area contributed by atoms with Crippen LogP contribution in [0.5, 0.6) is 11.5 Å². The van der Waals surface area contributed by atoms with E-state index >= 15 is 0 Å². The van der Waals surface area contributed by atoms with Crippen LogP contribution < -0.4 is 20.1 Å². The van der Waals surface area contributed by atoms with Crippen molar-refractivity contribution in [3.05, 3.63) is 23.8 Å². The van der Waals surface area contributed by atoms with Gasteiger partial charge in [0.2, 0.25) is 0 Å². The molecule has 0 spiro atoms. The van der Waals surface area contributed by atoms with Gasteiger partial charge in [0.05, 0.1) is 33.0 Å². The number of nitrogens with zero attached hydrogens (tertiary/aromatic N) is 2. The van der Waals surface area contributed by atoms with Crippen LogP contribution in [0.25, 0.3) is 0 Å². The maximum atomic E-state index is 6.34. The first-order valence-corrected chi connectivity index (χ1v) is 11.4. The second-order valence-electron chi connectivity index (χ2n) is 7.90. The van der Waals surface area contributed by atoms with E-state index in [9.17, 15) is 0 Å². The zero-order valence-corrected chi connectivity index (χ0v) is 18.6. The van der Waals surface area contributed by atoms with Crippen molar-refractivity contribution in [2.75, 3.05) is 53.0 Å². The third-order valence-electron chi connectivity index (χ3n) is 5.67. The van der Waals surface area contributed by atoms with Gasteiger partial charge < -0.3 is 24.8 Å². The Labute approximate surface area is 181 Å². The lowest BCUT2D eigenvalue weighted by molar-refractivity contribution is 0.0376. The molecule has 1 aliphatic carbocycles. The van der Waals surface area contributed by atoms with Crippen LogP contribution in [-0.2, 0) is 11.3 Å². The van der Waals surface area contributed by atoms with Crippen molar-refractivity contribution in [3.8, 4) is 11.5 Å². The minimum absolute atomic E-state index is 0.288. The molecule has 3 rings (SSSR count). The van der Waals surface area contributed by atoms with Crippen LogP contribution in [0, 0.1) is 0 Å². The molecule has 0 radical (unpaired) electrons. The van der Waals surface area contributed by atoms with Gasteiger partial charge in [-0.15, -0.1) is 0 Å². The van der Waals surface area contributed by atoms with Gasteiger partial charge in [-0.25, -0.2) is 4.99 Å². The van der Waals surface area contributed by atoms with Gasteiger partial charge in [-0.05, 0) is 51.6 Å². The van der Waals surface area contributed by atoms with Crippen molar-refractivity contribution in [3.63, 3.8) is 0 Å². The molecule has 1 saturated carbocycles. The summed E-state index contributed by atoms with van der Waals surface area (Å²) in [5.41, 5.74) is 1.06. The molecule has 1 aromatic carbocycles. The first kappa shape index (κ1) is 22.7. The fourth-order valence-electron chi connectivity index (χ4n) is 3.99. The molecular weight excluding hydrogens is 380 g/mol. The minimum Gasteiger partial charge on any atom is -0.493 e. The number of ether oxygens (including phenoxy) is 3. The van der Waals surface area contributed by atoms with Crippen molar-refractivity contribution in [2.45, 2.75) is 51.7 Å². The lowest BCUT2D eigenvalue weighted by Gasteiger charge is -2.26. The first-order valence-electron chi connectivity index (χ1n) is 11.4. The number of benzene rings is 1. The van der Waals surface area contributed by atoms with Crippen molar-refractivity contribution >= 4 is 5.96 Å². The second-order valence-corrected chi connectivity index (χ2v) is 7.90. The highest BCUT2D eigenvalue weighted by Gasteiger charge is 2.20. The Hall–Kier alpha value is -1.99. The molecular formula is C23H38N4O3. The van der Waals surface area contributed by atoms with Crippen molar-refractivity contribution in [1.82, 2.24) is 15.5 Å². The van der Waals surface area contributed by atoms with E-state index in [1.54, 1.807) is 7.11 Å². The topological polar surface area (TPSA) is 67.4 Å². The fourth-order valence-corrected chi connectivity index (χ4v) is 3.99. The van der Waals surface area contributed by atoms with Gasteiger partial charge in [-0.1, -0.05) is 12.1 Å². The standard InChI is InChI=1S/C23H38N4O3/c1-3-24-23(25-12-7-13-27-14-16-29-17-15-27)26-18-19-8-6-11-21(28-2)22(19)30-20-9-4-5-10-20/h6,8,11,20H,3-5,7,9-10,12-18H2,1-2H3,(H2,24,25,26). The van der Waals surface area contributed by atoms with Gasteiger partial charge in [0.15, 0.2) is 17.5 Å². The predicted octanol–water partition coefficient (Wildman–Crippen LogP) is 2.79. The molecule has 168 valence electrons. The monoisotopic (exact) mass is 418 g/mol. The Morgan fingerprint density at radius 1 is 1.20 bits per heavy atom. The molecule has 7 nitrogen and oxygen atoms in total. The molecule has 0 aromatic heterocycles. The second kappa shape index (κ2) is 12.6. The van der Waals surface area contributed by atoms with Crippen molar-refractivity contribution in [2.24, 2.45) is 4.99 Å². The third-order valence-corrected chi connectivity index (χ3v) is 5.67. The zero-order valence-electron chi connectivity index (χ0n) is 18.6. The summed E-state index contributed by atoms with van der Waals surface area (Å²) in [6.45, 7) is 9.23. The number of methoxy groups -OCH3 is 1. The molecule has 1 heterocycles. The smallest absolute Gasteiger partial charge is 0.191 e. The molecule has 2 aliphatic rings. The van der Waals surface area contributed by atoms with Gasteiger partial charge in [-0.3, -0.25) is 4.90 Å². The van der Waals surface area contributed by atoms with E-state index in [0.29, 0.717) is 6.54 Å². The van der Waals surface area contributed by atoms with Gasteiger partial charge in [0, 0.05) is 31.7 Å². The lowest BCUT2D eigenvalue weighted by atomic mass is 10.1. The molecule has 7 heteroatoms. The number of nitrogens with one attached hydrogen (secondary N) is 2. The molecule has 30 heavy (non-hydrogen) atoms. The highest BCUT2D eigenvalue weighted by Crippen LogP contribution is 2.35. The van der Waals surface area contributed by atoms with E-state index in [2.05, 4.69) is 28.5 Å². The Morgan fingerprint density at radius 3 is 2.73 bits per heavy atom. The third kappa shape index (κ3) is 7.06. The number of hydrogen-bond donors (Lipinski definition) is 2. The first-order chi connectivity index (χ1) is 14.8. The van der Waals surface area contributed by atoms with Gasteiger partial charge >= 0.3 is 0 Å². The van der Waals surface area contributed by atoms with Crippen LogP contribution in [0.3, 0.4) is 0 Å². The van der Waals surface area contributed by atoms with Gasteiger partial charge in [0.1, 0.15) is 0 Å². The normalized spacial score (nSPS) is 18.4. The minimum atomic E-state index is 0.288. The molecule has 1 aromatic rings. The van der Waals surface area contributed by atoms with Crippen LogP contribution in [0.15, 0.2) is 23.2 Å². The summed E-state index contributed by atoms with van der Waals surface area (Å²) in [6.07, 6.45) is 6.09. The van der Waals surface area contributed by atoms with Gasteiger partial charge in [-0.2, -0.15) is 0 Å². The van der Waals surface area contributed by atoms with Crippen LogP contribution in [0.2, 0.25) is 0 Å². The van der Waals surface area contributed by atoms with Crippen LogP contribution in [0.1, 0.15) is 44.6 Å². The van der Waals surface area contributed by atoms with E-state index in [4.69, 9.17) is 19.2 Å². The fraction of sp³-hybridized carbons (Fsp3) is 0.696. The quantitative estimate of drug-likeness (QED) is 0.346.